The number of aromatic nitrogens is 2. The molecule has 4 heteroatoms. The van der Waals surface area contributed by atoms with Gasteiger partial charge in [-0.15, -0.1) is 0 Å². The van der Waals surface area contributed by atoms with Crippen LogP contribution in [-0.4, -0.2) is 45.0 Å². The van der Waals surface area contributed by atoms with Crippen LogP contribution >= 0.6 is 0 Å². The molecule has 1 aromatic rings. The van der Waals surface area contributed by atoms with Gasteiger partial charge in [0.05, 0.1) is 12.1 Å². The number of aliphatic hydroxyl groups is 1. The van der Waals surface area contributed by atoms with Crippen molar-refractivity contribution < 1.29 is 5.11 Å². The van der Waals surface area contributed by atoms with Crippen LogP contribution < -0.4 is 0 Å². The summed E-state index contributed by atoms with van der Waals surface area (Å²) in [5.41, 5.74) is 0. The largest absolute Gasteiger partial charge is 0.391 e. The summed E-state index contributed by atoms with van der Waals surface area (Å²) in [5.74, 6) is 1.46. The number of likely N-dealkylation sites (tertiary alicyclic amines) is 1. The molecule has 0 bridgehead atoms. The molecule has 3 fully saturated rings. The van der Waals surface area contributed by atoms with Crippen LogP contribution in [0.25, 0.3) is 0 Å². The standard InChI is InChI=1S/C16H25N3O/c20-16-9-13-11-18(14-4-1-2-5-14)10-12(13)8-15(16)19-7-3-6-17-19/h3,6-7,12-16,20H,1-2,4-5,8-11H2/t12-,13+,15-,16-/m0/s1. The van der Waals surface area contributed by atoms with Crippen molar-refractivity contribution in [2.75, 3.05) is 13.1 Å². The van der Waals surface area contributed by atoms with E-state index in [9.17, 15) is 5.11 Å². The predicted octanol–water partition coefficient (Wildman–Crippen LogP) is 2.07. The molecule has 2 heterocycles. The molecule has 110 valence electrons. The molecule has 2 aliphatic carbocycles. The van der Waals surface area contributed by atoms with Gasteiger partial charge in [-0.2, -0.15) is 5.10 Å². The maximum atomic E-state index is 10.5. The van der Waals surface area contributed by atoms with Gasteiger partial charge in [-0.25, -0.2) is 0 Å². The lowest BCUT2D eigenvalue weighted by atomic mass is 9.77. The highest BCUT2D eigenvalue weighted by atomic mass is 16.3. The highest BCUT2D eigenvalue weighted by molar-refractivity contribution is 4.98. The molecular weight excluding hydrogens is 250 g/mol. The van der Waals surface area contributed by atoms with Crippen LogP contribution in [0.4, 0.5) is 0 Å². The molecule has 0 aromatic carbocycles. The molecule has 0 spiro atoms. The van der Waals surface area contributed by atoms with Crippen LogP contribution in [-0.2, 0) is 0 Å². The second-order valence-corrected chi connectivity index (χ2v) is 7.00. The summed E-state index contributed by atoms with van der Waals surface area (Å²) in [7, 11) is 0. The Kier molecular flexibility index (Phi) is 3.31. The Hall–Kier alpha value is -0.870. The van der Waals surface area contributed by atoms with E-state index >= 15 is 0 Å². The Bertz CT molecular complexity index is 441. The van der Waals surface area contributed by atoms with E-state index in [1.165, 1.54) is 38.8 Å². The highest BCUT2D eigenvalue weighted by Gasteiger charge is 2.44. The van der Waals surface area contributed by atoms with Crippen LogP contribution in [0.1, 0.15) is 44.6 Å². The van der Waals surface area contributed by atoms with E-state index in [1.54, 1.807) is 0 Å². The lowest BCUT2D eigenvalue weighted by Crippen LogP contribution is -2.36. The van der Waals surface area contributed by atoms with E-state index < -0.39 is 0 Å². The SMILES string of the molecule is O[C@H]1C[C@@H]2CN(C3CCCC3)C[C@@H]2C[C@@H]1n1cccn1. The summed E-state index contributed by atoms with van der Waals surface area (Å²) in [6.45, 7) is 2.47. The van der Waals surface area contributed by atoms with Crippen LogP contribution in [0.15, 0.2) is 18.5 Å². The minimum atomic E-state index is -0.223. The van der Waals surface area contributed by atoms with Crippen LogP contribution in [0.3, 0.4) is 0 Å². The van der Waals surface area contributed by atoms with E-state index in [0.29, 0.717) is 5.92 Å². The molecule has 4 rings (SSSR count). The molecule has 0 amide bonds. The zero-order valence-corrected chi connectivity index (χ0v) is 12.1. The predicted molar refractivity (Wildman–Crippen MR) is 77.3 cm³/mol. The maximum absolute atomic E-state index is 10.5. The van der Waals surface area contributed by atoms with Crippen molar-refractivity contribution in [3.8, 4) is 0 Å². The van der Waals surface area contributed by atoms with E-state index in [1.807, 2.05) is 23.1 Å². The second-order valence-electron chi connectivity index (χ2n) is 7.00. The fourth-order valence-corrected chi connectivity index (χ4v) is 4.77. The van der Waals surface area contributed by atoms with Crippen molar-refractivity contribution in [3.05, 3.63) is 18.5 Å². The van der Waals surface area contributed by atoms with Crippen LogP contribution in [0.2, 0.25) is 0 Å². The first-order valence-corrected chi connectivity index (χ1v) is 8.22. The van der Waals surface area contributed by atoms with Crippen molar-refractivity contribution in [2.45, 2.75) is 56.7 Å². The first-order valence-electron chi connectivity index (χ1n) is 8.22. The molecule has 3 aliphatic rings. The third-order valence-electron chi connectivity index (χ3n) is 5.84. The van der Waals surface area contributed by atoms with Gasteiger partial charge in [-0.3, -0.25) is 9.58 Å². The first kappa shape index (κ1) is 12.8. The Labute approximate surface area is 120 Å². The lowest BCUT2D eigenvalue weighted by Gasteiger charge is -2.35. The van der Waals surface area contributed by atoms with Gasteiger partial charge in [0.1, 0.15) is 0 Å². The average molecular weight is 275 g/mol. The topological polar surface area (TPSA) is 41.3 Å². The maximum Gasteiger partial charge on any atom is 0.0781 e. The van der Waals surface area contributed by atoms with E-state index in [4.69, 9.17) is 0 Å². The van der Waals surface area contributed by atoms with Gasteiger partial charge in [-0.1, -0.05) is 12.8 Å². The number of rotatable bonds is 2. The fraction of sp³-hybridized carbons (Fsp3) is 0.812. The van der Waals surface area contributed by atoms with E-state index in [-0.39, 0.29) is 12.1 Å². The quantitative estimate of drug-likeness (QED) is 0.898. The van der Waals surface area contributed by atoms with Crippen molar-refractivity contribution in [2.24, 2.45) is 11.8 Å². The smallest absolute Gasteiger partial charge is 0.0781 e. The van der Waals surface area contributed by atoms with Gasteiger partial charge in [0.2, 0.25) is 0 Å². The van der Waals surface area contributed by atoms with Crippen molar-refractivity contribution >= 4 is 0 Å². The summed E-state index contributed by atoms with van der Waals surface area (Å²) in [6, 6.07) is 2.98. The number of hydrogen-bond acceptors (Lipinski definition) is 3. The third-order valence-corrected chi connectivity index (χ3v) is 5.84. The van der Waals surface area contributed by atoms with E-state index in [2.05, 4.69) is 10.00 Å². The Morgan fingerprint density at radius 2 is 1.80 bits per heavy atom. The summed E-state index contributed by atoms with van der Waals surface area (Å²) < 4.78 is 1.97. The third kappa shape index (κ3) is 2.19. The minimum absolute atomic E-state index is 0.190. The molecule has 4 atom stereocenters. The Morgan fingerprint density at radius 1 is 1.05 bits per heavy atom. The average Bonchev–Trinajstić information content (AvgIpc) is 3.18. The van der Waals surface area contributed by atoms with E-state index in [0.717, 1.165) is 24.8 Å². The molecule has 0 radical (unpaired) electrons. The zero-order chi connectivity index (χ0) is 13.5. The second kappa shape index (κ2) is 5.15. The fourth-order valence-electron chi connectivity index (χ4n) is 4.77. The lowest BCUT2D eigenvalue weighted by molar-refractivity contribution is 0.0306. The molecule has 2 saturated carbocycles. The van der Waals surface area contributed by atoms with Gasteiger partial charge in [0.15, 0.2) is 0 Å². The van der Waals surface area contributed by atoms with Crippen molar-refractivity contribution in [3.63, 3.8) is 0 Å². The minimum Gasteiger partial charge on any atom is -0.391 e. The van der Waals surface area contributed by atoms with Crippen LogP contribution in [0, 0.1) is 11.8 Å². The number of aliphatic hydroxyl groups excluding tert-OH is 1. The molecular formula is C16H25N3O. The highest BCUT2D eigenvalue weighted by Crippen LogP contribution is 2.42. The number of nitrogens with zero attached hydrogens (tertiary/aromatic N) is 3. The number of hydrogen-bond donors (Lipinski definition) is 1. The Morgan fingerprint density at radius 3 is 2.50 bits per heavy atom. The van der Waals surface area contributed by atoms with Crippen LogP contribution in [0.5, 0.6) is 0 Å². The van der Waals surface area contributed by atoms with Crippen molar-refractivity contribution in [1.82, 2.24) is 14.7 Å². The summed E-state index contributed by atoms with van der Waals surface area (Å²) in [6.07, 6.45) is 11.3. The van der Waals surface area contributed by atoms with Gasteiger partial charge in [0.25, 0.3) is 0 Å². The van der Waals surface area contributed by atoms with Gasteiger partial charge in [-0.05, 0) is 43.6 Å². The normalized spacial score (nSPS) is 39.2. The van der Waals surface area contributed by atoms with Gasteiger partial charge < -0.3 is 5.11 Å². The van der Waals surface area contributed by atoms with Gasteiger partial charge in [0, 0.05) is 31.5 Å². The molecule has 4 nitrogen and oxygen atoms in total. The van der Waals surface area contributed by atoms with Gasteiger partial charge >= 0.3 is 0 Å². The first-order chi connectivity index (χ1) is 9.81. The Balaban J connectivity index is 1.46. The molecule has 20 heavy (non-hydrogen) atoms. The summed E-state index contributed by atoms with van der Waals surface area (Å²) in [4.78, 5) is 2.72. The molecule has 1 aromatic heterocycles. The zero-order valence-electron chi connectivity index (χ0n) is 12.1. The summed E-state index contributed by atoms with van der Waals surface area (Å²) >= 11 is 0. The molecule has 1 N–H and O–H groups in total. The van der Waals surface area contributed by atoms with Crippen molar-refractivity contribution in [1.29, 1.82) is 0 Å². The summed E-state index contributed by atoms with van der Waals surface area (Å²) in [5, 5.41) is 14.8. The molecule has 0 unspecified atom stereocenters. The monoisotopic (exact) mass is 275 g/mol. The molecule has 1 aliphatic heterocycles. The number of fused-ring (bicyclic) bond motifs is 1. The molecule has 1 saturated heterocycles.